The van der Waals surface area contributed by atoms with Crippen LogP contribution in [0.5, 0.6) is 0 Å². The van der Waals surface area contributed by atoms with Gasteiger partial charge < -0.3 is 10.5 Å². The first-order valence-corrected chi connectivity index (χ1v) is 5.13. The Kier molecular flexibility index (Phi) is 3.83. The Labute approximate surface area is 98.1 Å². The third kappa shape index (κ3) is 3.01. The standard InChI is InChI=1S/C10H11Cl2NO2/c1-5(2)15-10(14)7-3-6(11)4-8(12)9(7)13/h3-5H,13H2,1-2H3. The van der Waals surface area contributed by atoms with E-state index in [1.165, 1.54) is 12.1 Å². The highest BCUT2D eigenvalue weighted by atomic mass is 35.5. The molecule has 5 heteroatoms. The summed E-state index contributed by atoms with van der Waals surface area (Å²) in [7, 11) is 0. The van der Waals surface area contributed by atoms with Crippen molar-refractivity contribution in [3.05, 3.63) is 27.7 Å². The van der Waals surface area contributed by atoms with Crippen molar-refractivity contribution in [1.29, 1.82) is 0 Å². The number of halogens is 2. The minimum atomic E-state index is -0.521. The molecule has 0 amide bonds. The van der Waals surface area contributed by atoms with Crippen molar-refractivity contribution in [2.75, 3.05) is 5.73 Å². The maximum absolute atomic E-state index is 11.6. The zero-order chi connectivity index (χ0) is 11.6. The van der Waals surface area contributed by atoms with E-state index in [2.05, 4.69) is 0 Å². The fourth-order valence-electron chi connectivity index (χ4n) is 1.03. The molecule has 1 aromatic carbocycles. The van der Waals surface area contributed by atoms with E-state index in [0.29, 0.717) is 5.02 Å². The van der Waals surface area contributed by atoms with Crippen molar-refractivity contribution < 1.29 is 9.53 Å². The van der Waals surface area contributed by atoms with Gasteiger partial charge in [-0.15, -0.1) is 0 Å². The normalized spacial score (nSPS) is 10.5. The predicted octanol–water partition coefficient (Wildman–Crippen LogP) is 3.14. The quantitative estimate of drug-likeness (QED) is 0.646. The first-order valence-electron chi connectivity index (χ1n) is 4.37. The summed E-state index contributed by atoms with van der Waals surface area (Å²) in [6.07, 6.45) is -0.213. The van der Waals surface area contributed by atoms with Crippen LogP contribution in [0.4, 0.5) is 5.69 Å². The van der Waals surface area contributed by atoms with Crippen LogP contribution in [0, 0.1) is 0 Å². The van der Waals surface area contributed by atoms with E-state index in [4.69, 9.17) is 33.7 Å². The predicted molar refractivity (Wildman–Crippen MR) is 61.4 cm³/mol. The Bertz CT molecular complexity index is 391. The SMILES string of the molecule is CC(C)OC(=O)c1cc(Cl)cc(Cl)c1N. The zero-order valence-electron chi connectivity index (χ0n) is 8.38. The molecule has 0 aliphatic heterocycles. The van der Waals surface area contributed by atoms with Gasteiger partial charge in [-0.05, 0) is 26.0 Å². The number of carbonyl (C=O) groups is 1. The minimum Gasteiger partial charge on any atom is -0.459 e. The molecule has 0 saturated heterocycles. The Morgan fingerprint density at radius 2 is 2.00 bits per heavy atom. The van der Waals surface area contributed by atoms with E-state index in [1.807, 2.05) is 0 Å². The lowest BCUT2D eigenvalue weighted by Gasteiger charge is -2.10. The number of esters is 1. The second-order valence-electron chi connectivity index (χ2n) is 3.30. The van der Waals surface area contributed by atoms with Gasteiger partial charge in [0.2, 0.25) is 0 Å². The molecule has 1 aromatic rings. The molecule has 0 fully saturated rings. The zero-order valence-corrected chi connectivity index (χ0v) is 9.89. The molecule has 0 heterocycles. The summed E-state index contributed by atoms with van der Waals surface area (Å²) in [6.45, 7) is 3.50. The number of hydrogen-bond acceptors (Lipinski definition) is 3. The Hall–Kier alpha value is -0.930. The molecule has 0 radical (unpaired) electrons. The first-order chi connectivity index (χ1) is 6.91. The van der Waals surface area contributed by atoms with Crippen LogP contribution in [0.2, 0.25) is 10.0 Å². The highest BCUT2D eigenvalue weighted by Crippen LogP contribution is 2.28. The van der Waals surface area contributed by atoms with Gasteiger partial charge in [0.25, 0.3) is 0 Å². The average Bonchev–Trinajstić information content (AvgIpc) is 2.09. The van der Waals surface area contributed by atoms with Gasteiger partial charge in [-0.3, -0.25) is 0 Å². The van der Waals surface area contributed by atoms with Crippen LogP contribution >= 0.6 is 23.2 Å². The summed E-state index contributed by atoms with van der Waals surface area (Å²) in [5.41, 5.74) is 6.02. The molecule has 0 unspecified atom stereocenters. The Balaban J connectivity index is 3.08. The lowest BCUT2D eigenvalue weighted by atomic mass is 10.2. The lowest BCUT2D eigenvalue weighted by molar-refractivity contribution is 0.0379. The van der Waals surface area contributed by atoms with Gasteiger partial charge in [-0.1, -0.05) is 23.2 Å². The lowest BCUT2D eigenvalue weighted by Crippen LogP contribution is -2.13. The molecule has 0 bridgehead atoms. The van der Waals surface area contributed by atoms with Gasteiger partial charge in [0, 0.05) is 5.02 Å². The average molecular weight is 248 g/mol. The number of benzene rings is 1. The molecule has 0 saturated carbocycles. The van der Waals surface area contributed by atoms with E-state index >= 15 is 0 Å². The number of nitrogens with two attached hydrogens (primary N) is 1. The second-order valence-corrected chi connectivity index (χ2v) is 4.15. The molecule has 0 atom stereocenters. The summed E-state index contributed by atoms with van der Waals surface area (Å²) in [6, 6.07) is 2.91. The number of anilines is 1. The Morgan fingerprint density at radius 3 is 2.53 bits per heavy atom. The van der Waals surface area contributed by atoms with Crippen molar-refractivity contribution in [2.24, 2.45) is 0 Å². The molecule has 0 aliphatic carbocycles. The second kappa shape index (κ2) is 4.73. The van der Waals surface area contributed by atoms with E-state index in [1.54, 1.807) is 13.8 Å². The third-order valence-corrected chi connectivity index (χ3v) is 2.19. The monoisotopic (exact) mass is 247 g/mol. The largest absolute Gasteiger partial charge is 0.459 e. The van der Waals surface area contributed by atoms with Gasteiger partial charge in [-0.25, -0.2) is 4.79 Å². The van der Waals surface area contributed by atoms with E-state index in [0.717, 1.165) is 0 Å². The van der Waals surface area contributed by atoms with Gasteiger partial charge >= 0.3 is 5.97 Å². The maximum Gasteiger partial charge on any atom is 0.340 e. The molecule has 0 spiro atoms. The van der Waals surface area contributed by atoms with Crippen LogP contribution in [0.3, 0.4) is 0 Å². The van der Waals surface area contributed by atoms with Gasteiger partial charge in [0.15, 0.2) is 0 Å². The van der Waals surface area contributed by atoms with Crippen molar-refractivity contribution in [2.45, 2.75) is 20.0 Å². The van der Waals surface area contributed by atoms with Crippen molar-refractivity contribution in [1.82, 2.24) is 0 Å². The summed E-state index contributed by atoms with van der Waals surface area (Å²) in [4.78, 5) is 11.6. The highest BCUT2D eigenvalue weighted by Gasteiger charge is 2.15. The topological polar surface area (TPSA) is 52.3 Å². The minimum absolute atomic E-state index is 0.187. The van der Waals surface area contributed by atoms with E-state index in [-0.39, 0.29) is 22.4 Å². The molecule has 0 aromatic heterocycles. The van der Waals surface area contributed by atoms with Gasteiger partial charge in [0.05, 0.1) is 22.4 Å². The number of nitrogen functional groups attached to an aromatic ring is 1. The molecule has 82 valence electrons. The highest BCUT2D eigenvalue weighted by molar-refractivity contribution is 6.37. The van der Waals surface area contributed by atoms with Crippen molar-refractivity contribution in [3.63, 3.8) is 0 Å². The smallest absolute Gasteiger partial charge is 0.340 e. The molecular weight excluding hydrogens is 237 g/mol. The van der Waals surface area contributed by atoms with E-state index in [9.17, 15) is 4.79 Å². The van der Waals surface area contributed by atoms with E-state index < -0.39 is 5.97 Å². The fraction of sp³-hybridized carbons (Fsp3) is 0.300. The number of rotatable bonds is 2. The number of hydrogen-bond donors (Lipinski definition) is 1. The van der Waals surface area contributed by atoms with Crippen LogP contribution in [0.15, 0.2) is 12.1 Å². The van der Waals surface area contributed by atoms with Gasteiger partial charge in [-0.2, -0.15) is 0 Å². The molecule has 15 heavy (non-hydrogen) atoms. The van der Waals surface area contributed by atoms with Crippen molar-refractivity contribution in [3.8, 4) is 0 Å². The number of ether oxygens (including phenoxy) is 1. The van der Waals surface area contributed by atoms with Crippen LogP contribution in [0.25, 0.3) is 0 Å². The molecule has 2 N–H and O–H groups in total. The van der Waals surface area contributed by atoms with Crippen LogP contribution < -0.4 is 5.73 Å². The summed E-state index contributed by atoms with van der Waals surface area (Å²) >= 11 is 11.5. The molecular formula is C10H11Cl2NO2. The third-order valence-electron chi connectivity index (χ3n) is 1.66. The first kappa shape index (κ1) is 12.1. The summed E-state index contributed by atoms with van der Waals surface area (Å²) < 4.78 is 4.99. The van der Waals surface area contributed by atoms with Crippen LogP contribution in [-0.2, 0) is 4.74 Å². The van der Waals surface area contributed by atoms with Crippen LogP contribution in [0.1, 0.15) is 24.2 Å². The van der Waals surface area contributed by atoms with Crippen molar-refractivity contribution >= 4 is 34.9 Å². The summed E-state index contributed by atoms with van der Waals surface area (Å²) in [5, 5.41) is 0.600. The van der Waals surface area contributed by atoms with Gasteiger partial charge in [0.1, 0.15) is 0 Å². The number of carbonyl (C=O) groups excluding carboxylic acids is 1. The maximum atomic E-state index is 11.6. The fourth-order valence-corrected chi connectivity index (χ4v) is 1.52. The molecule has 1 rings (SSSR count). The molecule has 0 aliphatic rings. The molecule has 3 nitrogen and oxygen atoms in total. The van der Waals surface area contributed by atoms with Crippen LogP contribution in [-0.4, -0.2) is 12.1 Å². The summed E-state index contributed by atoms with van der Waals surface area (Å²) in [5.74, 6) is -0.521. The Morgan fingerprint density at radius 1 is 1.40 bits per heavy atom.